The van der Waals surface area contributed by atoms with Gasteiger partial charge in [-0.15, -0.1) is 0 Å². The van der Waals surface area contributed by atoms with Gasteiger partial charge in [0.1, 0.15) is 11.5 Å². The monoisotopic (exact) mass is 359 g/mol. The summed E-state index contributed by atoms with van der Waals surface area (Å²) in [6.45, 7) is -0.736. The van der Waals surface area contributed by atoms with Crippen molar-refractivity contribution in [1.82, 2.24) is 5.32 Å². The molecule has 1 aliphatic rings. The molecule has 1 saturated carbocycles. The number of hydrogen-bond acceptors (Lipinski definition) is 3. The molecule has 1 fully saturated rings. The highest BCUT2D eigenvalue weighted by Crippen LogP contribution is 2.23. The topological polar surface area (TPSA) is 55.4 Å². The van der Waals surface area contributed by atoms with E-state index < -0.39 is 17.4 Å². The number of carbonyl (C=O) groups is 1. The molecular formula is C17H23F2NO3S. The lowest BCUT2D eigenvalue weighted by Crippen LogP contribution is -2.42. The average Bonchev–Trinajstić information content (AvgIpc) is 2.51. The number of rotatable bonds is 7. The van der Waals surface area contributed by atoms with Crippen LogP contribution in [-0.4, -0.2) is 28.5 Å². The van der Waals surface area contributed by atoms with Crippen molar-refractivity contribution >= 4 is 16.7 Å². The number of hydrogen-bond donors (Lipinski definition) is 1. The molecule has 134 valence electrons. The van der Waals surface area contributed by atoms with Gasteiger partial charge in [-0.25, -0.2) is 0 Å². The number of ether oxygens (including phenoxy) is 1. The van der Waals surface area contributed by atoms with Gasteiger partial charge >= 0.3 is 6.61 Å². The van der Waals surface area contributed by atoms with E-state index in [1.54, 1.807) is 12.1 Å². The van der Waals surface area contributed by atoms with Gasteiger partial charge in [0, 0.05) is 22.6 Å². The molecule has 2 rings (SSSR count). The molecule has 0 aromatic heterocycles. The predicted octanol–water partition coefficient (Wildman–Crippen LogP) is 3.23. The van der Waals surface area contributed by atoms with E-state index >= 15 is 0 Å². The molecule has 7 heteroatoms. The zero-order valence-electron chi connectivity index (χ0n) is 13.7. The number of nitrogens with one attached hydrogen (secondary N) is 1. The van der Waals surface area contributed by atoms with Crippen molar-refractivity contribution in [1.29, 1.82) is 0 Å². The third-order valence-corrected chi connectivity index (χ3v) is 5.47. The van der Waals surface area contributed by atoms with Crippen molar-refractivity contribution in [3.8, 4) is 5.75 Å². The third kappa shape index (κ3) is 6.19. The van der Waals surface area contributed by atoms with E-state index in [1.165, 1.54) is 18.6 Å². The molecule has 24 heavy (non-hydrogen) atoms. The number of amides is 1. The van der Waals surface area contributed by atoms with Crippen LogP contribution in [0.25, 0.3) is 0 Å². The highest BCUT2D eigenvalue weighted by atomic mass is 32.2. The Bertz CT molecular complexity index is 565. The van der Waals surface area contributed by atoms with Crippen LogP contribution >= 0.6 is 0 Å². The third-order valence-electron chi connectivity index (χ3n) is 4.23. The van der Waals surface area contributed by atoms with Crippen LogP contribution in [0.2, 0.25) is 0 Å². The molecule has 0 spiro atoms. The maximum absolute atomic E-state index is 12.1. The van der Waals surface area contributed by atoms with Crippen molar-refractivity contribution in [2.24, 2.45) is 5.92 Å². The van der Waals surface area contributed by atoms with Crippen molar-refractivity contribution in [3.63, 3.8) is 0 Å². The van der Waals surface area contributed by atoms with E-state index in [1.807, 2.05) is 0 Å². The van der Waals surface area contributed by atoms with Crippen molar-refractivity contribution in [2.75, 3.05) is 5.75 Å². The second-order valence-corrected chi connectivity index (χ2v) is 7.64. The van der Waals surface area contributed by atoms with Crippen LogP contribution in [0.4, 0.5) is 8.78 Å². The molecule has 1 aromatic carbocycles. The number of carbonyl (C=O) groups excluding carboxylic acids is 1. The highest BCUT2D eigenvalue weighted by molar-refractivity contribution is 7.84. The second kappa shape index (κ2) is 9.11. The molecule has 4 nitrogen and oxygen atoms in total. The number of alkyl halides is 2. The Balaban J connectivity index is 1.78. The lowest BCUT2D eigenvalue weighted by atomic mass is 9.86. The SMILES string of the molecule is C[C@H]1CCCC[C@@H]1NC(=O)C[S@@](=O)Cc1ccc(OC(F)F)cc1. The van der Waals surface area contributed by atoms with Crippen LogP contribution in [0, 0.1) is 5.92 Å². The Morgan fingerprint density at radius 3 is 2.58 bits per heavy atom. The maximum atomic E-state index is 12.1. The quantitative estimate of drug-likeness (QED) is 0.813. The van der Waals surface area contributed by atoms with Gasteiger partial charge in [-0.1, -0.05) is 31.9 Å². The van der Waals surface area contributed by atoms with Crippen LogP contribution in [0.15, 0.2) is 24.3 Å². The fourth-order valence-corrected chi connectivity index (χ4v) is 3.97. The van der Waals surface area contributed by atoms with E-state index in [-0.39, 0.29) is 29.2 Å². The first-order chi connectivity index (χ1) is 11.4. The van der Waals surface area contributed by atoms with E-state index in [4.69, 9.17) is 0 Å². The van der Waals surface area contributed by atoms with E-state index in [9.17, 15) is 17.8 Å². The van der Waals surface area contributed by atoms with E-state index in [0.29, 0.717) is 11.5 Å². The van der Waals surface area contributed by atoms with E-state index in [0.717, 1.165) is 19.3 Å². The lowest BCUT2D eigenvalue weighted by molar-refractivity contribution is -0.119. The molecule has 0 radical (unpaired) electrons. The smallest absolute Gasteiger partial charge is 0.387 e. The molecule has 3 atom stereocenters. The molecule has 0 unspecified atom stereocenters. The summed E-state index contributed by atoms with van der Waals surface area (Å²) < 4.78 is 40.5. The van der Waals surface area contributed by atoms with Crippen LogP contribution in [-0.2, 0) is 21.3 Å². The number of benzene rings is 1. The Kier molecular flexibility index (Phi) is 7.15. The molecular weight excluding hydrogens is 336 g/mol. The Morgan fingerprint density at radius 2 is 1.96 bits per heavy atom. The maximum Gasteiger partial charge on any atom is 0.387 e. The molecule has 0 aliphatic heterocycles. The minimum absolute atomic E-state index is 0.0431. The zero-order valence-corrected chi connectivity index (χ0v) is 14.5. The van der Waals surface area contributed by atoms with Crippen molar-refractivity contribution in [2.45, 2.75) is 51.0 Å². The normalized spacial score (nSPS) is 22.2. The van der Waals surface area contributed by atoms with Gasteiger partial charge in [-0.3, -0.25) is 9.00 Å². The molecule has 1 aliphatic carbocycles. The van der Waals surface area contributed by atoms with Gasteiger partial charge in [0.25, 0.3) is 0 Å². The minimum Gasteiger partial charge on any atom is -0.435 e. The molecule has 1 amide bonds. The fourth-order valence-electron chi connectivity index (χ4n) is 2.93. The molecule has 0 heterocycles. The van der Waals surface area contributed by atoms with Crippen LogP contribution in [0.3, 0.4) is 0 Å². The molecule has 1 aromatic rings. The van der Waals surface area contributed by atoms with Gasteiger partial charge in [0.2, 0.25) is 5.91 Å². The molecule has 1 N–H and O–H groups in total. The first kappa shape index (κ1) is 18.8. The van der Waals surface area contributed by atoms with Crippen LogP contribution in [0.1, 0.15) is 38.2 Å². The van der Waals surface area contributed by atoms with Gasteiger partial charge in [0.05, 0.1) is 0 Å². The fraction of sp³-hybridized carbons (Fsp3) is 0.588. The Morgan fingerprint density at radius 1 is 1.29 bits per heavy atom. The van der Waals surface area contributed by atoms with Crippen LogP contribution < -0.4 is 10.1 Å². The Labute approximate surface area is 143 Å². The Hall–Kier alpha value is -1.50. The molecule has 0 saturated heterocycles. The average molecular weight is 359 g/mol. The summed E-state index contributed by atoms with van der Waals surface area (Å²) >= 11 is 0. The highest BCUT2D eigenvalue weighted by Gasteiger charge is 2.23. The first-order valence-electron chi connectivity index (χ1n) is 8.12. The summed E-state index contributed by atoms with van der Waals surface area (Å²) in [4.78, 5) is 12.0. The van der Waals surface area contributed by atoms with E-state index in [2.05, 4.69) is 17.0 Å². The summed E-state index contributed by atoms with van der Waals surface area (Å²) in [5, 5.41) is 2.98. The second-order valence-electron chi connectivity index (χ2n) is 6.19. The van der Waals surface area contributed by atoms with Crippen LogP contribution in [0.5, 0.6) is 5.75 Å². The number of halogens is 2. The summed E-state index contributed by atoms with van der Waals surface area (Å²) in [5.74, 6) is 0.494. The summed E-state index contributed by atoms with van der Waals surface area (Å²) in [7, 11) is -1.34. The van der Waals surface area contributed by atoms with Crippen molar-refractivity contribution < 1.29 is 22.5 Å². The van der Waals surface area contributed by atoms with Gasteiger partial charge in [0.15, 0.2) is 0 Å². The summed E-state index contributed by atoms with van der Waals surface area (Å²) in [6, 6.07) is 6.15. The first-order valence-corrected chi connectivity index (χ1v) is 9.61. The predicted molar refractivity (Wildman–Crippen MR) is 89.4 cm³/mol. The van der Waals surface area contributed by atoms with Gasteiger partial charge < -0.3 is 10.1 Å². The largest absolute Gasteiger partial charge is 0.435 e. The molecule has 0 bridgehead atoms. The van der Waals surface area contributed by atoms with Gasteiger partial charge in [-0.2, -0.15) is 8.78 Å². The standard InChI is InChI=1S/C17H23F2NO3S/c1-12-4-2-3-5-15(12)20-16(21)11-24(22)10-13-6-8-14(9-7-13)23-17(18)19/h6-9,12,15,17H,2-5,10-11H2,1H3,(H,20,21)/t12-,15-,24-/m0/s1. The van der Waals surface area contributed by atoms with Gasteiger partial charge in [-0.05, 0) is 36.5 Å². The lowest BCUT2D eigenvalue weighted by Gasteiger charge is -2.29. The zero-order chi connectivity index (χ0) is 17.5. The van der Waals surface area contributed by atoms with Crippen molar-refractivity contribution in [3.05, 3.63) is 29.8 Å². The summed E-state index contributed by atoms with van der Waals surface area (Å²) in [5.41, 5.74) is 0.716. The summed E-state index contributed by atoms with van der Waals surface area (Å²) in [6.07, 6.45) is 4.41. The minimum atomic E-state index is -2.86.